The van der Waals surface area contributed by atoms with Gasteiger partial charge in [0, 0.05) is 86.7 Å². The fourth-order valence-electron chi connectivity index (χ4n) is 5.10. The van der Waals surface area contributed by atoms with Gasteiger partial charge in [0.2, 0.25) is 0 Å². The molecule has 3 aromatic rings. The lowest BCUT2D eigenvalue weighted by Gasteiger charge is -2.34. The van der Waals surface area contributed by atoms with Gasteiger partial charge >= 0.3 is 0 Å². The van der Waals surface area contributed by atoms with Gasteiger partial charge in [0.15, 0.2) is 6.29 Å². The fourth-order valence-corrected chi connectivity index (χ4v) is 5.10. The molecule has 224 valence electrons. The van der Waals surface area contributed by atoms with Gasteiger partial charge in [-0.15, -0.1) is 0 Å². The van der Waals surface area contributed by atoms with Crippen molar-refractivity contribution in [2.24, 2.45) is 10.7 Å². The second-order valence-electron chi connectivity index (χ2n) is 10.7. The Labute approximate surface area is 246 Å². The van der Waals surface area contributed by atoms with Gasteiger partial charge in [0.05, 0.1) is 0 Å². The maximum absolute atomic E-state index is 13.2. The molecule has 42 heavy (non-hydrogen) atoms. The van der Waals surface area contributed by atoms with Crippen LogP contribution >= 0.6 is 0 Å². The first-order valence-corrected chi connectivity index (χ1v) is 14.2. The Morgan fingerprint density at radius 1 is 1.00 bits per heavy atom. The number of carbonyl (C=O) groups excluding carboxylic acids is 1. The number of hydrogen-bond acceptors (Lipinski definition) is 7. The number of anilines is 3. The van der Waals surface area contributed by atoms with E-state index in [0.717, 1.165) is 81.4 Å². The number of amidine groups is 1. The third kappa shape index (κ3) is 8.50. The summed E-state index contributed by atoms with van der Waals surface area (Å²) >= 11 is 0. The number of ether oxygens (including phenoxy) is 1. The predicted octanol–water partition coefficient (Wildman–Crippen LogP) is 4.31. The van der Waals surface area contributed by atoms with E-state index in [4.69, 9.17) is 16.2 Å². The highest BCUT2D eigenvalue weighted by atomic mass is 19.1. The molecule has 3 aromatic carbocycles. The van der Waals surface area contributed by atoms with Crippen LogP contribution in [0.25, 0.3) is 0 Å². The molecule has 5 rings (SSSR count). The third-order valence-corrected chi connectivity index (χ3v) is 7.58. The molecule has 2 heterocycles. The average molecular weight is 579 g/mol. The number of piperazine rings is 1. The quantitative estimate of drug-likeness (QED) is 0.166. The molecular weight excluding hydrogens is 538 g/mol. The highest BCUT2D eigenvalue weighted by molar-refractivity contribution is 6.02. The lowest BCUT2D eigenvalue weighted by Crippen LogP contribution is -2.44. The summed E-state index contributed by atoms with van der Waals surface area (Å²) in [5.41, 5.74) is 17.0. The van der Waals surface area contributed by atoms with Crippen molar-refractivity contribution in [1.82, 2.24) is 4.90 Å². The van der Waals surface area contributed by atoms with E-state index in [-0.39, 0.29) is 0 Å². The van der Waals surface area contributed by atoms with Gasteiger partial charge < -0.3 is 31.3 Å². The smallest absolute Gasteiger partial charge is 0.152 e. The standard InChI is InChI=1S/C17H25N3O2.C15H15F2N3/c1-19-6-8-20(9-7-19)16-3-2-14(13-21)17(12-16)18-15-4-10-22-11-5-15;1-20-15(19)13-7-9(2-3-14(13)18)4-10-5-11(16)8-12(17)6-10/h2-3,12-13,15,18H,4-11H2,1H3;2-3,5-8H,4,18H2,1H3,(H2,19,20). The predicted molar refractivity (Wildman–Crippen MR) is 166 cm³/mol. The number of aliphatic imine (C=N–C) groups is 1. The van der Waals surface area contributed by atoms with Crippen molar-refractivity contribution in [1.29, 1.82) is 0 Å². The van der Waals surface area contributed by atoms with Gasteiger partial charge in [-0.05, 0) is 79.9 Å². The van der Waals surface area contributed by atoms with E-state index < -0.39 is 11.6 Å². The molecule has 0 spiro atoms. The Morgan fingerprint density at radius 2 is 1.69 bits per heavy atom. The second-order valence-corrected chi connectivity index (χ2v) is 10.7. The minimum atomic E-state index is -0.592. The first-order valence-electron chi connectivity index (χ1n) is 14.2. The molecule has 0 atom stereocenters. The zero-order chi connectivity index (χ0) is 30.1. The minimum absolute atomic E-state index is 0.328. The van der Waals surface area contributed by atoms with Gasteiger partial charge in [-0.1, -0.05) is 6.07 Å². The molecule has 2 aliphatic rings. The Kier molecular flexibility index (Phi) is 10.9. The van der Waals surface area contributed by atoms with Gasteiger partial charge in [-0.2, -0.15) is 0 Å². The lowest BCUT2D eigenvalue weighted by atomic mass is 10.0. The van der Waals surface area contributed by atoms with E-state index >= 15 is 0 Å². The van der Waals surface area contributed by atoms with Crippen LogP contribution in [0.4, 0.5) is 25.8 Å². The minimum Gasteiger partial charge on any atom is -0.398 e. The van der Waals surface area contributed by atoms with Crippen molar-refractivity contribution in [3.63, 3.8) is 0 Å². The molecule has 0 aromatic heterocycles. The van der Waals surface area contributed by atoms with E-state index in [1.54, 1.807) is 25.2 Å². The van der Waals surface area contributed by atoms with Crippen LogP contribution in [-0.4, -0.2) is 76.6 Å². The number of rotatable bonds is 7. The topological polar surface area (TPSA) is 109 Å². The molecule has 10 heteroatoms. The number of aldehydes is 1. The van der Waals surface area contributed by atoms with Gasteiger partial charge in [0.25, 0.3) is 0 Å². The number of nitrogens with two attached hydrogens (primary N) is 2. The first kappa shape index (κ1) is 30.9. The fraction of sp³-hybridized carbons (Fsp3) is 0.375. The Balaban J connectivity index is 0.000000194. The Morgan fingerprint density at radius 3 is 2.33 bits per heavy atom. The molecule has 2 aliphatic heterocycles. The molecule has 2 fully saturated rings. The SMILES string of the molecule is CN1CCN(c2ccc(C=O)c(NC3CCOCC3)c2)CC1.CN=C(N)c1cc(Cc2cc(F)cc(F)c2)ccc1N. The zero-order valence-electron chi connectivity index (χ0n) is 24.3. The van der Waals surface area contributed by atoms with Gasteiger partial charge in [-0.25, -0.2) is 8.78 Å². The maximum Gasteiger partial charge on any atom is 0.152 e. The zero-order valence-corrected chi connectivity index (χ0v) is 24.3. The highest BCUT2D eigenvalue weighted by Crippen LogP contribution is 2.26. The largest absolute Gasteiger partial charge is 0.398 e. The van der Waals surface area contributed by atoms with Crippen LogP contribution < -0.4 is 21.7 Å². The van der Waals surface area contributed by atoms with E-state index in [0.29, 0.717) is 35.1 Å². The maximum atomic E-state index is 13.2. The van der Waals surface area contributed by atoms with E-state index in [1.807, 2.05) is 6.07 Å². The number of nitrogen functional groups attached to an aromatic ring is 1. The van der Waals surface area contributed by atoms with Crippen molar-refractivity contribution in [2.75, 3.05) is 69.4 Å². The number of benzene rings is 3. The summed E-state index contributed by atoms with van der Waals surface area (Å²) in [6, 6.07) is 15.3. The van der Waals surface area contributed by atoms with Crippen molar-refractivity contribution in [3.05, 3.63) is 88.5 Å². The Hall–Kier alpha value is -4.02. The third-order valence-electron chi connectivity index (χ3n) is 7.58. The molecule has 5 N–H and O–H groups in total. The van der Waals surface area contributed by atoms with Crippen LogP contribution in [0.1, 0.15) is 39.9 Å². The number of likely N-dealkylation sites (N-methyl/N-ethyl adjacent to an activating group) is 1. The van der Waals surface area contributed by atoms with Crippen molar-refractivity contribution >= 4 is 29.2 Å². The Bertz CT molecular complexity index is 1370. The van der Waals surface area contributed by atoms with Crippen LogP contribution in [0.5, 0.6) is 0 Å². The second kappa shape index (κ2) is 14.7. The van der Waals surface area contributed by atoms with Crippen LogP contribution in [-0.2, 0) is 11.2 Å². The molecule has 0 saturated carbocycles. The summed E-state index contributed by atoms with van der Waals surface area (Å²) < 4.78 is 31.7. The molecule has 0 amide bonds. The van der Waals surface area contributed by atoms with Crippen molar-refractivity contribution < 1.29 is 18.3 Å². The molecule has 0 radical (unpaired) electrons. The number of nitrogens with one attached hydrogen (secondary N) is 1. The first-order chi connectivity index (χ1) is 20.2. The van der Waals surface area contributed by atoms with E-state index in [9.17, 15) is 13.6 Å². The number of hydrogen-bond donors (Lipinski definition) is 3. The normalized spacial score (nSPS) is 16.5. The summed E-state index contributed by atoms with van der Waals surface area (Å²) in [7, 11) is 3.73. The lowest BCUT2D eigenvalue weighted by molar-refractivity contribution is 0.0904. The van der Waals surface area contributed by atoms with Gasteiger partial charge in [-0.3, -0.25) is 9.79 Å². The van der Waals surface area contributed by atoms with Crippen LogP contribution in [0, 0.1) is 11.6 Å². The molecule has 0 unspecified atom stereocenters. The van der Waals surface area contributed by atoms with Crippen molar-refractivity contribution in [3.8, 4) is 0 Å². The van der Waals surface area contributed by atoms with Crippen LogP contribution in [0.2, 0.25) is 0 Å². The molecule has 0 bridgehead atoms. The summed E-state index contributed by atoms with van der Waals surface area (Å²) in [6.07, 6.45) is 3.32. The van der Waals surface area contributed by atoms with E-state index in [2.05, 4.69) is 39.3 Å². The molecule has 8 nitrogen and oxygen atoms in total. The summed E-state index contributed by atoms with van der Waals surface area (Å²) in [6.45, 7) is 5.83. The highest BCUT2D eigenvalue weighted by Gasteiger charge is 2.18. The number of halogens is 2. The van der Waals surface area contributed by atoms with Crippen LogP contribution in [0.15, 0.2) is 59.6 Å². The average Bonchev–Trinajstić information content (AvgIpc) is 2.98. The molecule has 0 aliphatic carbocycles. The van der Waals surface area contributed by atoms with E-state index in [1.165, 1.54) is 17.8 Å². The molecule has 2 saturated heterocycles. The summed E-state index contributed by atoms with van der Waals surface area (Å²) in [5, 5.41) is 3.54. The monoisotopic (exact) mass is 578 g/mol. The van der Waals surface area contributed by atoms with Gasteiger partial charge in [0.1, 0.15) is 17.5 Å². The summed E-state index contributed by atoms with van der Waals surface area (Å²) in [5.74, 6) is -0.856. The molecular formula is C32H40F2N6O2. The number of nitrogens with zero attached hydrogens (tertiary/aromatic N) is 3. The van der Waals surface area contributed by atoms with Crippen LogP contribution in [0.3, 0.4) is 0 Å². The number of carbonyl (C=O) groups is 1. The van der Waals surface area contributed by atoms with Crippen molar-refractivity contribution in [2.45, 2.75) is 25.3 Å². The summed E-state index contributed by atoms with van der Waals surface area (Å²) in [4.78, 5) is 19.9.